The van der Waals surface area contributed by atoms with E-state index in [2.05, 4.69) is 0 Å². The van der Waals surface area contributed by atoms with Gasteiger partial charge in [0.05, 0.1) is 0 Å². The molecule has 3 heteroatoms. The fourth-order valence-electron chi connectivity index (χ4n) is 2.14. The van der Waals surface area contributed by atoms with Gasteiger partial charge >= 0.3 is 5.97 Å². The first-order valence-electron chi connectivity index (χ1n) is 5.62. The summed E-state index contributed by atoms with van der Waals surface area (Å²) in [7, 11) is 0. The van der Waals surface area contributed by atoms with E-state index in [0.717, 1.165) is 17.0 Å². The van der Waals surface area contributed by atoms with Crippen molar-refractivity contribution in [1.29, 1.82) is 0 Å². The van der Waals surface area contributed by atoms with E-state index >= 15 is 0 Å². The topological polar surface area (TPSA) is 37.3 Å². The van der Waals surface area contributed by atoms with E-state index in [1.807, 2.05) is 24.3 Å². The first-order valence-corrected chi connectivity index (χ1v) is 6.00. The summed E-state index contributed by atoms with van der Waals surface area (Å²) in [6, 6.07) is 7.70. The monoisotopic (exact) mass is 238 g/mol. The lowest BCUT2D eigenvalue weighted by Crippen LogP contribution is -2.13. The molecular weight excluding hydrogens is 224 g/mol. The minimum Gasteiger partial charge on any atom is -0.481 e. The van der Waals surface area contributed by atoms with Crippen molar-refractivity contribution in [1.82, 2.24) is 0 Å². The third kappa shape index (κ3) is 2.99. The summed E-state index contributed by atoms with van der Waals surface area (Å²) in [5.74, 6) is 0.133. The summed E-state index contributed by atoms with van der Waals surface area (Å²) in [6.07, 6.45) is 3.39. The first kappa shape index (κ1) is 11.5. The number of rotatable bonds is 5. The van der Waals surface area contributed by atoms with Crippen LogP contribution in [0.2, 0.25) is 5.02 Å². The van der Waals surface area contributed by atoms with Gasteiger partial charge < -0.3 is 5.11 Å². The predicted octanol–water partition coefficient (Wildman–Crippen LogP) is 3.38. The van der Waals surface area contributed by atoms with Crippen LogP contribution in [0.4, 0.5) is 0 Å². The molecule has 2 nitrogen and oxygen atoms in total. The molecule has 1 aromatic carbocycles. The molecular formula is C13H15ClO2. The smallest absolute Gasteiger partial charge is 0.303 e. The Hall–Kier alpha value is -1.02. The summed E-state index contributed by atoms with van der Waals surface area (Å²) >= 11 is 6.08. The molecule has 0 spiro atoms. The van der Waals surface area contributed by atoms with Gasteiger partial charge in [-0.25, -0.2) is 0 Å². The van der Waals surface area contributed by atoms with Gasteiger partial charge in [-0.05, 0) is 42.7 Å². The van der Waals surface area contributed by atoms with Gasteiger partial charge in [-0.1, -0.05) is 29.8 Å². The summed E-state index contributed by atoms with van der Waals surface area (Å²) in [5, 5.41) is 9.62. The molecule has 1 aliphatic carbocycles. The molecule has 0 aromatic heterocycles. The van der Waals surface area contributed by atoms with Gasteiger partial charge in [0.1, 0.15) is 0 Å². The van der Waals surface area contributed by atoms with Crippen molar-refractivity contribution >= 4 is 17.6 Å². The zero-order chi connectivity index (χ0) is 11.5. The average molecular weight is 239 g/mol. The van der Waals surface area contributed by atoms with Gasteiger partial charge in [0.2, 0.25) is 0 Å². The first-order chi connectivity index (χ1) is 7.66. The number of aliphatic carboxylic acids is 1. The van der Waals surface area contributed by atoms with E-state index in [-0.39, 0.29) is 12.3 Å². The number of hydrogen-bond donors (Lipinski definition) is 1. The van der Waals surface area contributed by atoms with Crippen LogP contribution < -0.4 is 0 Å². The quantitative estimate of drug-likeness (QED) is 0.854. The molecule has 1 fully saturated rings. The van der Waals surface area contributed by atoms with Crippen LogP contribution in [0.1, 0.15) is 24.8 Å². The van der Waals surface area contributed by atoms with Crippen LogP contribution in [0.25, 0.3) is 0 Å². The van der Waals surface area contributed by atoms with Crippen molar-refractivity contribution < 1.29 is 9.90 Å². The predicted molar refractivity (Wildman–Crippen MR) is 63.6 cm³/mol. The lowest BCUT2D eigenvalue weighted by molar-refractivity contribution is -0.138. The Kier molecular flexibility index (Phi) is 3.49. The second-order valence-corrected chi connectivity index (χ2v) is 4.90. The molecule has 0 amide bonds. The molecule has 1 aromatic rings. The zero-order valence-corrected chi connectivity index (χ0v) is 9.78. The van der Waals surface area contributed by atoms with Gasteiger partial charge in [-0.3, -0.25) is 4.79 Å². The number of carboxylic acids is 1. The van der Waals surface area contributed by atoms with Gasteiger partial charge in [-0.2, -0.15) is 0 Å². The SMILES string of the molecule is O=C(O)CC(Cc1ccccc1Cl)C1CC1. The van der Waals surface area contributed by atoms with Crippen LogP contribution in [0.15, 0.2) is 24.3 Å². The highest BCUT2D eigenvalue weighted by atomic mass is 35.5. The van der Waals surface area contributed by atoms with Gasteiger partial charge in [0.25, 0.3) is 0 Å². The van der Waals surface area contributed by atoms with Crippen LogP contribution >= 0.6 is 11.6 Å². The number of carbonyl (C=O) groups is 1. The normalized spacial score (nSPS) is 17.1. The average Bonchev–Trinajstić information content (AvgIpc) is 3.03. The van der Waals surface area contributed by atoms with Crippen molar-refractivity contribution in [3.63, 3.8) is 0 Å². The van der Waals surface area contributed by atoms with Crippen LogP contribution in [0, 0.1) is 11.8 Å². The van der Waals surface area contributed by atoms with E-state index in [9.17, 15) is 4.79 Å². The van der Waals surface area contributed by atoms with E-state index in [1.165, 1.54) is 12.8 Å². The fraction of sp³-hybridized carbons (Fsp3) is 0.462. The molecule has 1 atom stereocenters. The summed E-state index contributed by atoms with van der Waals surface area (Å²) in [6.45, 7) is 0. The highest BCUT2D eigenvalue weighted by Gasteiger charge is 2.32. The zero-order valence-electron chi connectivity index (χ0n) is 9.03. The van der Waals surface area contributed by atoms with Crippen LogP contribution in [0.5, 0.6) is 0 Å². The Balaban J connectivity index is 2.05. The molecule has 1 N–H and O–H groups in total. The molecule has 0 saturated heterocycles. The van der Waals surface area contributed by atoms with E-state index in [4.69, 9.17) is 16.7 Å². The molecule has 0 aliphatic heterocycles. The second kappa shape index (κ2) is 4.88. The molecule has 86 valence electrons. The van der Waals surface area contributed by atoms with Crippen molar-refractivity contribution in [2.24, 2.45) is 11.8 Å². The minimum atomic E-state index is -0.705. The molecule has 1 saturated carbocycles. The second-order valence-electron chi connectivity index (χ2n) is 4.49. The maximum Gasteiger partial charge on any atom is 0.303 e. The Morgan fingerprint density at radius 2 is 2.12 bits per heavy atom. The van der Waals surface area contributed by atoms with Gasteiger partial charge in [0.15, 0.2) is 0 Å². The Morgan fingerprint density at radius 3 is 2.69 bits per heavy atom. The van der Waals surface area contributed by atoms with Crippen LogP contribution in [-0.4, -0.2) is 11.1 Å². The Labute approximate surface area is 100 Å². The minimum absolute atomic E-state index is 0.248. The molecule has 0 radical (unpaired) electrons. The Bertz CT molecular complexity index is 385. The largest absolute Gasteiger partial charge is 0.481 e. The molecule has 0 heterocycles. The molecule has 0 bridgehead atoms. The van der Waals surface area contributed by atoms with Gasteiger partial charge in [0, 0.05) is 11.4 Å². The lowest BCUT2D eigenvalue weighted by atomic mass is 9.92. The third-order valence-electron chi connectivity index (χ3n) is 3.17. The number of benzene rings is 1. The standard InChI is InChI=1S/C13H15ClO2/c14-12-4-2-1-3-10(12)7-11(8-13(15)16)9-5-6-9/h1-4,9,11H,5-8H2,(H,15,16). The Morgan fingerprint density at radius 1 is 1.44 bits per heavy atom. The van der Waals surface area contributed by atoms with Crippen LogP contribution in [0.3, 0.4) is 0 Å². The van der Waals surface area contributed by atoms with Gasteiger partial charge in [-0.15, -0.1) is 0 Å². The molecule has 1 unspecified atom stereocenters. The number of hydrogen-bond acceptors (Lipinski definition) is 1. The van der Waals surface area contributed by atoms with Crippen molar-refractivity contribution in [2.45, 2.75) is 25.7 Å². The van der Waals surface area contributed by atoms with E-state index in [0.29, 0.717) is 5.92 Å². The maximum atomic E-state index is 10.8. The van der Waals surface area contributed by atoms with Crippen molar-refractivity contribution in [2.75, 3.05) is 0 Å². The van der Waals surface area contributed by atoms with E-state index in [1.54, 1.807) is 0 Å². The summed E-state index contributed by atoms with van der Waals surface area (Å²) < 4.78 is 0. The van der Waals surface area contributed by atoms with E-state index < -0.39 is 5.97 Å². The van der Waals surface area contributed by atoms with Crippen molar-refractivity contribution in [3.05, 3.63) is 34.9 Å². The van der Waals surface area contributed by atoms with Crippen LogP contribution in [-0.2, 0) is 11.2 Å². The third-order valence-corrected chi connectivity index (χ3v) is 3.53. The molecule has 16 heavy (non-hydrogen) atoms. The lowest BCUT2D eigenvalue weighted by Gasteiger charge is -2.14. The summed E-state index contributed by atoms with van der Waals surface area (Å²) in [5.41, 5.74) is 1.07. The highest BCUT2D eigenvalue weighted by Crippen LogP contribution is 2.40. The molecule has 2 rings (SSSR count). The molecule has 1 aliphatic rings. The number of halogens is 1. The maximum absolute atomic E-state index is 10.8. The number of carboxylic acid groups (broad SMARTS) is 1. The van der Waals surface area contributed by atoms with Crippen molar-refractivity contribution in [3.8, 4) is 0 Å². The highest BCUT2D eigenvalue weighted by molar-refractivity contribution is 6.31. The fourth-order valence-corrected chi connectivity index (χ4v) is 2.36. The summed E-state index contributed by atoms with van der Waals surface area (Å²) in [4.78, 5) is 10.8.